The minimum absolute atomic E-state index is 0.0584. The van der Waals surface area contributed by atoms with Gasteiger partial charge in [-0.2, -0.15) is 5.10 Å². The van der Waals surface area contributed by atoms with Gasteiger partial charge < -0.3 is 10.8 Å². The summed E-state index contributed by atoms with van der Waals surface area (Å²) in [5.41, 5.74) is 9.42. The van der Waals surface area contributed by atoms with Crippen LogP contribution in [0.25, 0.3) is 22.0 Å². The van der Waals surface area contributed by atoms with Gasteiger partial charge >= 0.3 is 0 Å². The highest BCUT2D eigenvalue weighted by molar-refractivity contribution is 5.93. The summed E-state index contributed by atoms with van der Waals surface area (Å²) in [7, 11) is 0. The molecular formula is C14H14N4O. The lowest BCUT2D eigenvalue weighted by Crippen LogP contribution is -2.03. The summed E-state index contributed by atoms with van der Waals surface area (Å²) in [5.74, 6) is 0. The predicted octanol–water partition coefficient (Wildman–Crippen LogP) is 1.67. The average molecular weight is 254 g/mol. The van der Waals surface area contributed by atoms with Gasteiger partial charge in [0.25, 0.3) is 0 Å². The molecule has 2 aromatic heterocycles. The van der Waals surface area contributed by atoms with Gasteiger partial charge in [0.2, 0.25) is 0 Å². The van der Waals surface area contributed by atoms with Gasteiger partial charge in [-0.1, -0.05) is 12.1 Å². The highest BCUT2D eigenvalue weighted by Crippen LogP contribution is 2.27. The molecule has 96 valence electrons. The van der Waals surface area contributed by atoms with Crippen molar-refractivity contribution in [2.24, 2.45) is 0 Å². The molecule has 3 aromatic rings. The molecule has 3 N–H and O–H groups in total. The van der Waals surface area contributed by atoms with Crippen LogP contribution >= 0.6 is 0 Å². The molecule has 5 heteroatoms. The van der Waals surface area contributed by atoms with Crippen LogP contribution in [-0.4, -0.2) is 26.5 Å². The maximum Gasteiger partial charge on any atom is 0.0872 e. The Hall–Kier alpha value is -2.40. The number of pyridine rings is 1. The molecule has 5 nitrogen and oxygen atoms in total. The van der Waals surface area contributed by atoms with Crippen LogP contribution in [0.1, 0.15) is 0 Å². The van der Waals surface area contributed by atoms with Crippen LogP contribution in [0.4, 0.5) is 5.69 Å². The Morgan fingerprint density at radius 3 is 2.63 bits per heavy atom. The zero-order valence-corrected chi connectivity index (χ0v) is 10.3. The summed E-state index contributed by atoms with van der Waals surface area (Å²) in [4.78, 5) is 4.25. The highest BCUT2D eigenvalue weighted by atomic mass is 16.3. The van der Waals surface area contributed by atoms with E-state index in [1.807, 2.05) is 30.5 Å². The summed E-state index contributed by atoms with van der Waals surface area (Å²) >= 11 is 0. The molecule has 0 atom stereocenters. The number of anilines is 1. The van der Waals surface area contributed by atoms with E-state index in [0.717, 1.165) is 27.7 Å². The first-order valence-electron chi connectivity index (χ1n) is 6.06. The quantitative estimate of drug-likeness (QED) is 0.697. The molecule has 0 radical (unpaired) electrons. The lowest BCUT2D eigenvalue weighted by Gasteiger charge is -2.04. The van der Waals surface area contributed by atoms with E-state index in [4.69, 9.17) is 10.8 Å². The van der Waals surface area contributed by atoms with Crippen LogP contribution in [0.2, 0.25) is 0 Å². The van der Waals surface area contributed by atoms with E-state index in [0.29, 0.717) is 6.54 Å². The Kier molecular flexibility index (Phi) is 2.89. The molecule has 0 unspecified atom stereocenters. The number of aromatic nitrogens is 3. The lowest BCUT2D eigenvalue weighted by atomic mass is 10.0. The monoisotopic (exact) mass is 254 g/mol. The molecule has 0 aliphatic heterocycles. The number of aliphatic hydroxyl groups is 1. The second-order valence-corrected chi connectivity index (χ2v) is 4.33. The smallest absolute Gasteiger partial charge is 0.0872 e. The average Bonchev–Trinajstić information content (AvgIpc) is 2.84. The number of fused-ring (bicyclic) bond motifs is 1. The Morgan fingerprint density at radius 2 is 1.89 bits per heavy atom. The number of nitrogen functional groups attached to an aromatic ring is 1. The number of benzene rings is 1. The first-order chi connectivity index (χ1) is 9.29. The second kappa shape index (κ2) is 4.70. The van der Waals surface area contributed by atoms with E-state index in [9.17, 15) is 0 Å². The van der Waals surface area contributed by atoms with Gasteiger partial charge in [-0.05, 0) is 17.7 Å². The van der Waals surface area contributed by atoms with E-state index in [1.54, 1.807) is 17.1 Å². The number of rotatable bonds is 3. The molecule has 0 amide bonds. The molecule has 19 heavy (non-hydrogen) atoms. The Morgan fingerprint density at radius 1 is 1.11 bits per heavy atom. The van der Waals surface area contributed by atoms with Crippen molar-refractivity contribution in [2.75, 3.05) is 12.3 Å². The van der Waals surface area contributed by atoms with E-state index >= 15 is 0 Å². The fraction of sp³-hybridized carbons (Fsp3) is 0.143. The predicted molar refractivity (Wildman–Crippen MR) is 74.5 cm³/mol. The maximum atomic E-state index is 9.02. The first kappa shape index (κ1) is 11.7. The molecule has 2 heterocycles. The SMILES string of the molecule is Nc1ccc(-c2cncc3c2cnn3CCO)cc1. The summed E-state index contributed by atoms with van der Waals surface area (Å²) in [6.45, 7) is 0.527. The van der Waals surface area contributed by atoms with Gasteiger partial charge in [0.1, 0.15) is 0 Å². The third-order valence-electron chi connectivity index (χ3n) is 3.10. The molecule has 0 bridgehead atoms. The maximum absolute atomic E-state index is 9.02. The first-order valence-corrected chi connectivity index (χ1v) is 6.06. The largest absolute Gasteiger partial charge is 0.399 e. The van der Waals surface area contributed by atoms with Crippen molar-refractivity contribution in [3.8, 4) is 11.1 Å². The van der Waals surface area contributed by atoms with Crippen molar-refractivity contribution < 1.29 is 5.11 Å². The molecular weight excluding hydrogens is 240 g/mol. The van der Waals surface area contributed by atoms with Crippen molar-refractivity contribution in [2.45, 2.75) is 6.54 Å². The molecule has 0 aliphatic rings. The number of nitrogens with two attached hydrogens (primary N) is 1. The van der Waals surface area contributed by atoms with Crippen LogP contribution in [-0.2, 0) is 6.54 Å². The van der Waals surface area contributed by atoms with E-state index < -0.39 is 0 Å². The van der Waals surface area contributed by atoms with Gasteiger partial charge in [-0.15, -0.1) is 0 Å². The molecule has 3 rings (SSSR count). The van der Waals surface area contributed by atoms with Gasteiger partial charge in [-0.3, -0.25) is 9.67 Å². The molecule has 0 saturated carbocycles. The zero-order valence-electron chi connectivity index (χ0n) is 10.3. The lowest BCUT2D eigenvalue weighted by molar-refractivity contribution is 0.271. The molecule has 0 saturated heterocycles. The third kappa shape index (κ3) is 2.04. The van der Waals surface area contributed by atoms with E-state index in [1.165, 1.54) is 0 Å². The molecule has 0 spiro atoms. The second-order valence-electron chi connectivity index (χ2n) is 4.33. The van der Waals surface area contributed by atoms with Gasteiger partial charge in [0.15, 0.2) is 0 Å². The van der Waals surface area contributed by atoms with Crippen LogP contribution in [0, 0.1) is 0 Å². The fourth-order valence-corrected chi connectivity index (χ4v) is 2.16. The van der Waals surface area contributed by atoms with Crippen molar-refractivity contribution in [3.63, 3.8) is 0 Å². The number of nitrogens with zero attached hydrogens (tertiary/aromatic N) is 3. The topological polar surface area (TPSA) is 77.0 Å². The molecule has 0 fully saturated rings. The number of hydrogen-bond acceptors (Lipinski definition) is 4. The van der Waals surface area contributed by atoms with Gasteiger partial charge in [0.05, 0.1) is 31.1 Å². The Labute approximate surface area is 110 Å². The molecule has 0 aliphatic carbocycles. The minimum atomic E-state index is 0.0584. The van der Waals surface area contributed by atoms with Crippen molar-refractivity contribution >= 4 is 16.6 Å². The summed E-state index contributed by atoms with van der Waals surface area (Å²) in [5, 5.41) is 14.3. The number of hydrogen-bond donors (Lipinski definition) is 2. The standard InChI is InChI=1S/C14H14N4O/c15-11-3-1-10(2-4-11)12-7-16-9-14-13(12)8-17-18(14)5-6-19/h1-4,7-9,19H,5-6,15H2. The third-order valence-corrected chi connectivity index (χ3v) is 3.10. The Balaban J connectivity index is 2.16. The fourth-order valence-electron chi connectivity index (χ4n) is 2.16. The van der Waals surface area contributed by atoms with Crippen LogP contribution in [0.5, 0.6) is 0 Å². The Bertz CT molecular complexity index is 703. The zero-order chi connectivity index (χ0) is 13.2. The minimum Gasteiger partial charge on any atom is -0.399 e. The summed E-state index contributed by atoms with van der Waals surface area (Å²) < 4.78 is 1.75. The van der Waals surface area contributed by atoms with Crippen LogP contribution < -0.4 is 5.73 Å². The van der Waals surface area contributed by atoms with Crippen LogP contribution in [0.15, 0.2) is 42.9 Å². The van der Waals surface area contributed by atoms with Crippen molar-refractivity contribution in [1.82, 2.24) is 14.8 Å². The molecule has 1 aromatic carbocycles. The van der Waals surface area contributed by atoms with Crippen molar-refractivity contribution in [1.29, 1.82) is 0 Å². The van der Waals surface area contributed by atoms with Gasteiger partial charge in [-0.25, -0.2) is 0 Å². The number of aliphatic hydroxyl groups excluding tert-OH is 1. The van der Waals surface area contributed by atoms with E-state index in [2.05, 4.69) is 10.1 Å². The van der Waals surface area contributed by atoms with Crippen LogP contribution in [0.3, 0.4) is 0 Å². The normalized spacial score (nSPS) is 11.0. The van der Waals surface area contributed by atoms with E-state index in [-0.39, 0.29) is 6.61 Å². The van der Waals surface area contributed by atoms with Gasteiger partial charge in [0, 0.05) is 22.8 Å². The van der Waals surface area contributed by atoms with Crippen molar-refractivity contribution in [3.05, 3.63) is 42.9 Å². The summed E-state index contributed by atoms with van der Waals surface area (Å²) in [6, 6.07) is 7.67. The summed E-state index contributed by atoms with van der Waals surface area (Å²) in [6.07, 6.45) is 5.38. The highest BCUT2D eigenvalue weighted by Gasteiger charge is 2.08.